The summed E-state index contributed by atoms with van der Waals surface area (Å²) < 4.78 is 0. The molecule has 2 nitrogen and oxygen atoms in total. The average Bonchev–Trinajstić information content (AvgIpc) is 2.09. The second-order valence-electron chi connectivity index (χ2n) is 3.68. The van der Waals surface area contributed by atoms with E-state index in [1.807, 2.05) is 0 Å². The van der Waals surface area contributed by atoms with E-state index in [4.69, 9.17) is 5.73 Å². The van der Waals surface area contributed by atoms with Gasteiger partial charge in [0.15, 0.2) is 0 Å². The number of rotatable bonds is 8. The Labute approximate surface area is 82.8 Å². The first kappa shape index (κ1) is 12.7. The molecule has 0 radical (unpaired) electrons. The standard InChI is InChI=1S/C11H24N2/c1-4-13(10-11(2)3)9-7-5-6-8-12/h2,4-10,12H2,1,3H3. The van der Waals surface area contributed by atoms with E-state index in [1.165, 1.54) is 25.0 Å². The van der Waals surface area contributed by atoms with Gasteiger partial charge in [0.25, 0.3) is 0 Å². The van der Waals surface area contributed by atoms with Crippen molar-refractivity contribution in [2.75, 3.05) is 26.2 Å². The Hall–Kier alpha value is -0.340. The highest BCUT2D eigenvalue weighted by molar-refractivity contribution is 4.91. The molecule has 0 rings (SSSR count). The maximum absolute atomic E-state index is 5.43. The lowest BCUT2D eigenvalue weighted by Gasteiger charge is -2.20. The molecule has 0 unspecified atom stereocenters. The zero-order chi connectivity index (χ0) is 10.1. The highest BCUT2D eigenvalue weighted by atomic mass is 15.1. The maximum atomic E-state index is 5.43. The summed E-state index contributed by atoms with van der Waals surface area (Å²) in [5.74, 6) is 0. The van der Waals surface area contributed by atoms with Crippen LogP contribution in [-0.4, -0.2) is 31.1 Å². The Kier molecular flexibility index (Phi) is 8.05. The first-order valence-corrected chi connectivity index (χ1v) is 5.27. The van der Waals surface area contributed by atoms with Crippen LogP contribution < -0.4 is 5.73 Å². The molecule has 0 spiro atoms. The number of unbranched alkanes of at least 4 members (excludes halogenated alkanes) is 2. The predicted molar refractivity (Wildman–Crippen MR) is 59.8 cm³/mol. The molecule has 2 heteroatoms. The van der Waals surface area contributed by atoms with Crippen molar-refractivity contribution in [2.24, 2.45) is 5.73 Å². The minimum Gasteiger partial charge on any atom is -0.330 e. The molecule has 0 heterocycles. The minimum atomic E-state index is 0.826. The molecule has 0 saturated carbocycles. The van der Waals surface area contributed by atoms with Crippen LogP contribution in [0.1, 0.15) is 33.1 Å². The van der Waals surface area contributed by atoms with Gasteiger partial charge in [0, 0.05) is 6.54 Å². The quantitative estimate of drug-likeness (QED) is 0.462. The predicted octanol–water partition coefficient (Wildman–Crippen LogP) is 2.01. The topological polar surface area (TPSA) is 29.3 Å². The molecule has 0 aliphatic carbocycles. The third kappa shape index (κ3) is 8.00. The summed E-state index contributed by atoms with van der Waals surface area (Å²) in [4.78, 5) is 2.43. The van der Waals surface area contributed by atoms with Crippen molar-refractivity contribution in [3.8, 4) is 0 Å². The highest BCUT2D eigenvalue weighted by Crippen LogP contribution is 2.00. The Bertz CT molecular complexity index is 132. The molecule has 0 saturated heterocycles. The highest BCUT2D eigenvalue weighted by Gasteiger charge is 2.00. The van der Waals surface area contributed by atoms with Crippen molar-refractivity contribution in [1.29, 1.82) is 0 Å². The van der Waals surface area contributed by atoms with Gasteiger partial charge < -0.3 is 5.73 Å². The van der Waals surface area contributed by atoms with Crippen molar-refractivity contribution >= 4 is 0 Å². The molecular formula is C11H24N2. The molecule has 0 aliphatic rings. The van der Waals surface area contributed by atoms with Gasteiger partial charge in [0.1, 0.15) is 0 Å². The molecule has 0 aromatic carbocycles. The minimum absolute atomic E-state index is 0.826. The van der Waals surface area contributed by atoms with Crippen LogP contribution >= 0.6 is 0 Å². The van der Waals surface area contributed by atoms with E-state index >= 15 is 0 Å². The molecule has 2 N–H and O–H groups in total. The number of nitrogens with zero attached hydrogens (tertiary/aromatic N) is 1. The smallest absolute Gasteiger partial charge is 0.0187 e. The second kappa shape index (κ2) is 8.27. The van der Waals surface area contributed by atoms with Crippen LogP contribution in [0.5, 0.6) is 0 Å². The fraction of sp³-hybridized carbons (Fsp3) is 0.818. The summed E-state index contributed by atoms with van der Waals surface area (Å²) in [7, 11) is 0. The normalized spacial score (nSPS) is 10.8. The van der Waals surface area contributed by atoms with Gasteiger partial charge in [-0.15, -0.1) is 0 Å². The van der Waals surface area contributed by atoms with Gasteiger partial charge in [-0.2, -0.15) is 0 Å². The molecule has 0 bridgehead atoms. The van der Waals surface area contributed by atoms with Gasteiger partial charge >= 0.3 is 0 Å². The van der Waals surface area contributed by atoms with Gasteiger partial charge in [0.05, 0.1) is 0 Å². The second-order valence-corrected chi connectivity index (χ2v) is 3.68. The monoisotopic (exact) mass is 184 g/mol. The van der Waals surface area contributed by atoms with E-state index < -0.39 is 0 Å². The van der Waals surface area contributed by atoms with Crippen LogP contribution in [0, 0.1) is 0 Å². The maximum Gasteiger partial charge on any atom is 0.0187 e. The fourth-order valence-electron chi connectivity index (χ4n) is 1.39. The molecule has 0 fully saturated rings. The number of hydrogen-bond acceptors (Lipinski definition) is 2. The largest absolute Gasteiger partial charge is 0.330 e. The Morgan fingerprint density at radius 3 is 2.46 bits per heavy atom. The van der Waals surface area contributed by atoms with Crippen LogP contribution in [0.3, 0.4) is 0 Å². The summed E-state index contributed by atoms with van der Waals surface area (Å²) in [6.45, 7) is 12.4. The Morgan fingerprint density at radius 1 is 1.31 bits per heavy atom. The molecule has 0 aliphatic heterocycles. The van der Waals surface area contributed by atoms with Crippen molar-refractivity contribution in [3.05, 3.63) is 12.2 Å². The van der Waals surface area contributed by atoms with Gasteiger partial charge in [0.2, 0.25) is 0 Å². The fourth-order valence-corrected chi connectivity index (χ4v) is 1.39. The average molecular weight is 184 g/mol. The van der Waals surface area contributed by atoms with Crippen LogP contribution in [-0.2, 0) is 0 Å². The summed E-state index contributed by atoms with van der Waals surface area (Å²) >= 11 is 0. The molecule has 0 aromatic rings. The van der Waals surface area contributed by atoms with E-state index in [2.05, 4.69) is 25.3 Å². The van der Waals surface area contributed by atoms with Crippen LogP contribution in [0.4, 0.5) is 0 Å². The summed E-state index contributed by atoms with van der Waals surface area (Å²) in [5, 5.41) is 0. The van der Waals surface area contributed by atoms with Gasteiger partial charge in [-0.1, -0.05) is 25.5 Å². The zero-order valence-electron chi connectivity index (χ0n) is 9.18. The number of hydrogen-bond donors (Lipinski definition) is 1. The van der Waals surface area contributed by atoms with Gasteiger partial charge in [-0.05, 0) is 39.4 Å². The molecule has 0 atom stereocenters. The third-order valence-electron chi connectivity index (χ3n) is 2.12. The van der Waals surface area contributed by atoms with Crippen molar-refractivity contribution in [2.45, 2.75) is 33.1 Å². The summed E-state index contributed by atoms with van der Waals surface area (Å²) in [6.07, 6.45) is 3.67. The van der Waals surface area contributed by atoms with E-state index in [0.29, 0.717) is 0 Å². The van der Waals surface area contributed by atoms with Gasteiger partial charge in [-0.3, -0.25) is 4.90 Å². The SMILES string of the molecule is C=C(C)CN(CC)CCCCCN. The molecule has 0 aromatic heterocycles. The van der Waals surface area contributed by atoms with E-state index in [1.54, 1.807) is 0 Å². The number of nitrogens with two attached hydrogens (primary N) is 1. The molecule has 78 valence electrons. The van der Waals surface area contributed by atoms with E-state index in [-0.39, 0.29) is 0 Å². The summed E-state index contributed by atoms with van der Waals surface area (Å²) in [6, 6.07) is 0. The Balaban J connectivity index is 3.42. The van der Waals surface area contributed by atoms with Crippen molar-refractivity contribution in [3.63, 3.8) is 0 Å². The van der Waals surface area contributed by atoms with Crippen LogP contribution in [0.25, 0.3) is 0 Å². The molecule has 0 amide bonds. The summed E-state index contributed by atoms with van der Waals surface area (Å²) in [5.41, 5.74) is 6.68. The van der Waals surface area contributed by atoms with Crippen molar-refractivity contribution < 1.29 is 0 Å². The lowest BCUT2D eigenvalue weighted by molar-refractivity contribution is 0.304. The van der Waals surface area contributed by atoms with Crippen LogP contribution in [0.2, 0.25) is 0 Å². The van der Waals surface area contributed by atoms with Gasteiger partial charge in [-0.25, -0.2) is 0 Å². The number of likely N-dealkylation sites (N-methyl/N-ethyl adjacent to an activating group) is 1. The molecular weight excluding hydrogens is 160 g/mol. The lowest BCUT2D eigenvalue weighted by atomic mass is 10.2. The first-order chi connectivity index (χ1) is 6.20. The first-order valence-electron chi connectivity index (χ1n) is 5.27. The lowest BCUT2D eigenvalue weighted by Crippen LogP contribution is -2.26. The van der Waals surface area contributed by atoms with Crippen LogP contribution in [0.15, 0.2) is 12.2 Å². The Morgan fingerprint density at radius 2 is 2.00 bits per heavy atom. The van der Waals surface area contributed by atoms with E-state index in [9.17, 15) is 0 Å². The third-order valence-corrected chi connectivity index (χ3v) is 2.12. The van der Waals surface area contributed by atoms with Crippen molar-refractivity contribution in [1.82, 2.24) is 4.90 Å². The van der Waals surface area contributed by atoms with E-state index in [0.717, 1.165) is 26.1 Å². The molecule has 13 heavy (non-hydrogen) atoms. The zero-order valence-corrected chi connectivity index (χ0v) is 9.18.